The van der Waals surface area contributed by atoms with E-state index in [4.69, 9.17) is 0 Å². The van der Waals surface area contributed by atoms with Crippen molar-refractivity contribution in [1.82, 2.24) is 30.2 Å². The van der Waals surface area contributed by atoms with Crippen LogP contribution >= 0.6 is 0 Å². The number of imidazole rings is 1. The first-order chi connectivity index (χ1) is 10.7. The highest BCUT2D eigenvalue weighted by atomic mass is 16.1. The van der Waals surface area contributed by atoms with Crippen molar-refractivity contribution >= 4 is 5.91 Å². The van der Waals surface area contributed by atoms with Gasteiger partial charge in [-0.05, 0) is 25.9 Å². The monoisotopic (exact) mass is 300 g/mol. The Morgan fingerprint density at radius 2 is 2.14 bits per heavy atom. The lowest BCUT2D eigenvalue weighted by atomic mass is 9.95. The minimum atomic E-state index is -0.229. The van der Waals surface area contributed by atoms with Gasteiger partial charge in [-0.25, -0.2) is 9.97 Å². The van der Waals surface area contributed by atoms with Crippen molar-refractivity contribution in [3.05, 3.63) is 42.0 Å². The fourth-order valence-corrected chi connectivity index (χ4v) is 2.60. The van der Waals surface area contributed by atoms with Gasteiger partial charge in [-0.3, -0.25) is 9.78 Å². The Labute approximate surface area is 129 Å². The van der Waals surface area contributed by atoms with Gasteiger partial charge in [0.05, 0.1) is 18.4 Å². The lowest BCUT2D eigenvalue weighted by Gasteiger charge is -2.21. The van der Waals surface area contributed by atoms with Crippen LogP contribution in [-0.2, 0) is 13.6 Å². The second-order valence-corrected chi connectivity index (χ2v) is 5.49. The van der Waals surface area contributed by atoms with Crippen molar-refractivity contribution < 1.29 is 4.79 Å². The zero-order chi connectivity index (χ0) is 15.4. The summed E-state index contributed by atoms with van der Waals surface area (Å²) in [5, 5.41) is 6.13. The SMILES string of the molecule is Cn1ccnc1CNC(=O)c1cnc(C2CCNCC2)cn1. The first-order valence-corrected chi connectivity index (χ1v) is 7.51. The Morgan fingerprint density at radius 1 is 1.32 bits per heavy atom. The Bertz CT molecular complexity index is 630. The van der Waals surface area contributed by atoms with Crippen LogP contribution in [0.1, 0.15) is 40.8 Å². The number of hydrogen-bond acceptors (Lipinski definition) is 5. The molecule has 1 saturated heterocycles. The predicted molar refractivity (Wildman–Crippen MR) is 81.3 cm³/mol. The third-order valence-electron chi connectivity index (χ3n) is 3.99. The number of aromatic nitrogens is 4. The Morgan fingerprint density at radius 3 is 2.77 bits per heavy atom. The molecule has 1 fully saturated rings. The molecule has 0 atom stereocenters. The third kappa shape index (κ3) is 3.30. The summed E-state index contributed by atoms with van der Waals surface area (Å²) in [5.74, 6) is 1.01. The summed E-state index contributed by atoms with van der Waals surface area (Å²) in [6, 6.07) is 0. The molecule has 3 rings (SSSR count). The van der Waals surface area contributed by atoms with Crippen LogP contribution in [0.25, 0.3) is 0 Å². The molecule has 2 N–H and O–H groups in total. The molecule has 0 bridgehead atoms. The summed E-state index contributed by atoms with van der Waals surface area (Å²) < 4.78 is 1.87. The highest BCUT2D eigenvalue weighted by Crippen LogP contribution is 2.22. The highest BCUT2D eigenvalue weighted by molar-refractivity contribution is 5.91. The molecule has 1 aliphatic heterocycles. The van der Waals surface area contributed by atoms with Crippen LogP contribution in [0.15, 0.2) is 24.8 Å². The normalized spacial score (nSPS) is 15.7. The summed E-state index contributed by atoms with van der Waals surface area (Å²) in [6.45, 7) is 2.40. The highest BCUT2D eigenvalue weighted by Gasteiger charge is 2.17. The van der Waals surface area contributed by atoms with Gasteiger partial charge < -0.3 is 15.2 Å². The molecule has 0 aromatic carbocycles. The van der Waals surface area contributed by atoms with Gasteiger partial charge in [0.15, 0.2) is 0 Å². The molecule has 116 valence electrons. The van der Waals surface area contributed by atoms with E-state index in [0.717, 1.165) is 37.4 Å². The first kappa shape index (κ1) is 14.6. The Balaban J connectivity index is 1.59. The molecule has 0 unspecified atom stereocenters. The molecule has 3 heterocycles. The number of nitrogens with one attached hydrogen (secondary N) is 2. The summed E-state index contributed by atoms with van der Waals surface area (Å²) >= 11 is 0. The molecule has 2 aromatic rings. The topological polar surface area (TPSA) is 84.7 Å². The molecule has 1 aliphatic rings. The van der Waals surface area contributed by atoms with Gasteiger partial charge >= 0.3 is 0 Å². The number of amides is 1. The Kier molecular flexibility index (Phi) is 4.43. The minimum Gasteiger partial charge on any atom is -0.343 e. The van der Waals surface area contributed by atoms with E-state index >= 15 is 0 Å². The molecule has 7 nitrogen and oxygen atoms in total. The van der Waals surface area contributed by atoms with Crippen LogP contribution in [0.4, 0.5) is 0 Å². The predicted octanol–water partition coefficient (Wildman–Crippen LogP) is 0.607. The molecule has 1 amide bonds. The number of aryl methyl sites for hydroxylation is 1. The Hall–Kier alpha value is -2.28. The molecule has 7 heteroatoms. The van der Waals surface area contributed by atoms with Crippen molar-refractivity contribution in [3.8, 4) is 0 Å². The molecular formula is C15H20N6O. The summed E-state index contributed by atoms with van der Waals surface area (Å²) in [5.41, 5.74) is 1.31. The maximum atomic E-state index is 12.1. The molecule has 0 radical (unpaired) electrons. The maximum absolute atomic E-state index is 12.1. The smallest absolute Gasteiger partial charge is 0.271 e. The van der Waals surface area contributed by atoms with E-state index in [1.54, 1.807) is 18.6 Å². The molecule has 2 aromatic heterocycles. The van der Waals surface area contributed by atoms with Gasteiger partial charge in [0.1, 0.15) is 11.5 Å². The van der Waals surface area contributed by atoms with E-state index in [1.807, 2.05) is 17.8 Å². The van der Waals surface area contributed by atoms with Crippen LogP contribution in [0, 0.1) is 0 Å². The van der Waals surface area contributed by atoms with Crippen molar-refractivity contribution in [3.63, 3.8) is 0 Å². The molecular weight excluding hydrogens is 280 g/mol. The number of piperidine rings is 1. The largest absolute Gasteiger partial charge is 0.343 e. The molecule has 22 heavy (non-hydrogen) atoms. The number of rotatable bonds is 4. The van der Waals surface area contributed by atoms with E-state index in [1.165, 1.54) is 0 Å². The number of nitrogens with zero attached hydrogens (tertiary/aromatic N) is 4. The van der Waals surface area contributed by atoms with Crippen molar-refractivity contribution in [1.29, 1.82) is 0 Å². The summed E-state index contributed by atoms with van der Waals surface area (Å²) in [7, 11) is 1.89. The van der Waals surface area contributed by atoms with Gasteiger partial charge in [0.2, 0.25) is 0 Å². The molecule has 0 spiro atoms. The second-order valence-electron chi connectivity index (χ2n) is 5.49. The van der Waals surface area contributed by atoms with Gasteiger partial charge in [-0.1, -0.05) is 0 Å². The summed E-state index contributed by atoms with van der Waals surface area (Å²) in [6.07, 6.45) is 8.97. The van der Waals surface area contributed by atoms with E-state index in [9.17, 15) is 4.79 Å². The maximum Gasteiger partial charge on any atom is 0.271 e. The standard InChI is InChI=1S/C15H20N6O/c1-21-7-6-17-14(21)10-20-15(22)13-9-18-12(8-19-13)11-2-4-16-5-3-11/h6-9,11,16H,2-5,10H2,1H3,(H,20,22). The third-order valence-corrected chi connectivity index (χ3v) is 3.99. The van der Waals surface area contributed by atoms with Crippen LogP contribution in [0.2, 0.25) is 0 Å². The zero-order valence-electron chi connectivity index (χ0n) is 12.6. The lowest BCUT2D eigenvalue weighted by Crippen LogP contribution is -2.28. The lowest BCUT2D eigenvalue weighted by molar-refractivity contribution is 0.0944. The quantitative estimate of drug-likeness (QED) is 0.864. The number of carbonyl (C=O) groups excluding carboxylic acids is 1. The van der Waals surface area contributed by atoms with Crippen LogP contribution in [0.5, 0.6) is 0 Å². The van der Waals surface area contributed by atoms with Crippen LogP contribution in [-0.4, -0.2) is 38.5 Å². The van der Waals surface area contributed by atoms with Crippen molar-refractivity contribution in [2.75, 3.05) is 13.1 Å². The van der Waals surface area contributed by atoms with E-state index in [-0.39, 0.29) is 5.91 Å². The van der Waals surface area contributed by atoms with Crippen molar-refractivity contribution in [2.24, 2.45) is 7.05 Å². The summed E-state index contributed by atoms with van der Waals surface area (Å²) in [4.78, 5) is 24.9. The van der Waals surface area contributed by atoms with Gasteiger partial charge in [0.25, 0.3) is 5.91 Å². The average molecular weight is 300 g/mol. The first-order valence-electron chi connectivity index (χ1n) is 7.51. The van der Waals surface area contributed by atoms with E-state index in [0.29, 0.717) is 18.2 Å². The number of carbonyl (C=O) groups is 1. The molecule has 0 saturated carbocycles. The van der Waals surface area contributed by atoms with Gasteiger partial charge in [-0.2, -0.15) is 0 Å². The average Bonchev–Trinajstić information content (AvgIpc) is 2.99. The fourth-order valence-electron chi connectivity index (χ4n) is 2.60. The van der Waals surface area contributed by atoms with Gasteiger partial charge in [0, 0.05) is 31.6 Å². The van der Waals surface area contributed by atoms with E-state index < -0.39 is 0 Å². The minimum absolute atomic E-state index is 0.229. The van der Waals surface area contributed by atoms with Crippen LogP contribution in [0.3, 0.4) is 0 Å². The van der Waals surface area contributed by atoms with E-state index in [2.05, 4.69) is 25.6 Å². The number of hydrogen-bond donors (Lipinski definition) is 2. The fraction of sp³-hybridized carbons (Fsp3) is 0.467. The van der Waals surface area contributed by atoms with Crippen molar-refractivity contribution in [2.45, 2.75) is 25.3 Å². The second kappa shape index (κ2) is 6.65. The molecule has 0 aliphatic carbocycles. The zero-order valence-corrected chi connectivity index (χ0v) is 12.6. The van der Waals surface area contributed by atoms with Crippen LogP contribution < -0.4 is 10.6 Å². The van der Waals surface area contributed by atoms with Gasteiger partial charge in [-0.15, -0.1) is 0 Å².